The van der Waals surface area contributed by atoms with Crippen molar-refractivity contribution in [2.45, 2.75) is 27.2 Å². The van der Waals surface area contributed by atoms with Crippen LogP contribution in [0.2, 0.25) is 5.02 Å². The number of rotatable bonds is 8. The van der Waals surface area contributed by atoms with Crippen molar-refractivity contribution in [2.75, 3.05) is 41.3 Å². The van der Waals surface area contributed by atoms with E-state index in [0.717, 1.165) is 28.0 Å². The molecule has 1 N–H and O–H groups in total. The lowest BCUT2D eigenvalue weighted by atomic mass is 9.99. The van der Waals surface area contributed by atoms with E-state index >= 15 is 0 Å². The first-order chi connectivity index (χ1) is 17.8. The van der Waals surface area contributed by atoms with Crippen LogP contribution in [0.3, 0.4) is 0 Å². The molecular formula is C27H29ClN6O3. The normalized spacial score (nSPS) is 13.2. The molecule has 0 atom stereocenters. The Morgan fingerprint density at radius 1 is 1.16 bits per heavy atom. The predicted octanol–water partition coefficient (Wildman–Crippen LogP) is 5.41. The summed E-state index contributed by atoms with van der Waals surface area (Å²) < 4.78 is 0. The van der Waals surface area contributed by atoms with Gasteiger partial charge in [-0.2, -0.15) is 0 Å². The van der Waals surface area contributed by atoms with E-state index in [0.29, 0.717) is 31.1 Å². The predicted molar refractivity (Wildman–Crippen MR) is 147 cm³/mol. The molecule has 4 rings (SSSR count). The number of amides is 1. The van der Waals surface area contributed by atoms with Crippen LogP contribution in [0.5, 0.6) is 0 Å². The van der Waals surface area contributed by atoms with Crippen LogP contribution in [-0.2, 0) is 4.79 Å². The van der Waals surface area contributed by atoms with Gasteiger partial charge >= 0.3 is 5.69 Å². The molecule has 9 nitrogen and oxygen atoms in total. The molecule has 0 radical (unpaired) electrons. The van der Waals surface area contributed by atoms with Crippen molar-refractivity contribution in [2.24, 2.45) is 0 Å². The molecule has 37 heavy (non-hydrogen) atoms. The number of likely N-dealkylation sites (N-methyl/N-ethyl adjacent to an activating group) is 1. The van der Waals surface area contributed by atoms with E-state index in [1.54, 1.807) is 4.90 Å². The Morgan fingerprint density at radius 3 is 2.46 bits per heavy atom. The second kappa shape index (κ2) is 11.4. The fraction of sp³-hybridized carbons (Fsp3) is 0.296. The fourth-order valence-corrected chi connectivity index (χ4v) is 4.60. The van der Waals surface area contributed by atoms with Crippen molar-refractivity contribution in [1.29, 1.82) is 0 Å². The van der Waals surface area contributed by atoms with Gasteiger partial charge in [0.05, 0.1) is 11.5 Å². The molecule has 0 saturated carbocycles. The molecular weight excluding hydrogens is 492 g/mol. The Balaban J connectivity index is 1.57. The molecule has 0 aliphatic carbocycles. The zero-order valence-corrected chi connectivity index (χ0v) is 21.8. The third kappa shape index (κ3) is 5.89. The van der Waals surface area contributed by atoms with Gasteiger partial charge in [0.15, 0.2) is 0 Å². The van der Waals surface area contributed by atoms with Gasteiger partial charge in [-0.15, -0.1) is 0 Å². The molecule has 192 valence electrons. The minimum Gasteiger partial charge on any atom is -0.347 e. The molecule has 2 aromatic carbocycles. The Bertz CT molecular complexity index is 1320. The summed E-state index contributed by atoms with van der Waals surface area (Å²) in [5.41, 5.74) is 4.67. The van der Waals surface area contributed by atoms with Crippen molar-refractivity contribution in [3.05, 3.63) is 86.7 Å². The first-order valence-electron chi connectivity index (χ1n) is 12.1. The van der Waals surface area contributed by atoms with Gasteiger partial charge in [-0.3, -0.25) is 14.9 Å². The van der Waals surface area contributed by atoms with Gasteiger partial charge < -0.3 is 15.1 Å². The highest BCUT2D eigenvalue weighted by molar-refractivity contribution is 6.30. The number of hydrogen-bond acceptors (Lipinski definition) is 7. The summed E-state index contributed by atoms with van der Waals surface area (Å²) in [5.74, 6) is 0.0962. The number of anilines is 3. The topological polar surface area (TPSA) is 104 Å². The summed E-state index contributed by atoms with van der Waals surface area (Å²) >= 11 is 6.00. The fourth-order valence-electron chi connectivity index (χ4n) is 4.47. The summed E-state index contributed by atoms with van der Waals surface area (Å²) in [6.07, 6.45) is 4.07. The second-order valence-electron chi connectivity index (χ2n) is 8.89. The van der Waals surface area contributed by atoms with Gasteiger partial charge in [0.1, 0.15) is 6.33 Å². The second-order valence-corrected chi connectivity index (χ2v) is 9.32. The van der Waals surface area contributed by atoms with E-state index in [9.17, 15) is 14.9 Å². The molecule has 0 fully saturated rings. The number of carbonyl (C=O) groups is 1. The number of nitro groups is 1. The molecule has 1 aliphatic heterocycles. The van der Waals surface area contributed by atoms with E-state index in [1.807, 2.05) is 74.2 Å². The van der Waals surface area contributed by atoms with E-state index in [4.69, 9.17) is 11.6 Å². The molecule has 0 saturated heterocycles. The molecule has 0 bridgehead atoms. The summed E-state index contributed by atoms with van der Waals surface area (Å²) in [4.78, 5) is 36.7. The van der Waals surface area contributed by atoms with Crippen molar-refractivity contribution in [1.82, 2.24) is 9.97 Å². The first-order valence-corrected chi connectivity index (χ1v) is 12.5. The minimum atomic E-state index is -0.463. The molecule has 2 heterocycles. The molecule has 3 aromatic rings. The highest BCUT2D eigenvalue weighted by Gasteiger charge is 2.31. The van der Waals surface area contributed by atoms with Crippen molar-refractivity contribution in [3.63, 3.8) is 0 Å². The number of halogens is 1. The van der Waals surface area contributed by atoms with Crippen molar-refractivity contribution in [3.8, 4) is 0 Å². The molecule has 10 heteroatoms. The van der Waals surface area contributed by atoms with E-state index < -0.39 is 4.92 Å². The number of nitrogens with zero attached hydrogens (tertiary/aromatic N) is 5. The van der Waals surface area contributed by atoms with Gasteiger partial charge in [-0.05, 0) is 61.6 Å². The first kappa shape index (κ1) is 26.1. The average molecular weight is 521 g/mol. The van der Waals surface area contributed by atoms with Crippen LogP contribution < -0.4 is 15.1 Å². The van der Waals surface area contributed by atoms with E-state index in [1.165, 1.54) is 6.33 Å². The number of aryl methyl sites for hydroxylation is 2. The molecule has 0 unspecified atom stereocenters. The van der Waals surface area contributed by atoms with Crippen LogP contribution >= 0.6 is 11.6 Å². The number of hydrogen-bond donors (Lipinski definition) is 1. The lowest BCUT2D eigenvalue weighted by Gasteiger charge is -2.28. The monoisotopic (exact) mass is 520 g/mol. The molecule has 1 amide bonds. The Hall–Kier alpha value is -3.98. The minimum absolute atomic E-state index is 0.0812. The van der Waals surface area contributed by atoms with Crippen LogP contribution in [0.1, 0.15) is 30.0 Å². The lowest BCUT2D eigenvalue weighted by molar-refractivity contribution is -0.383. The number of aromatic nitrogens is 2. The summed E-state index contributed by atoms with van der Waals surface area (Å²) in [5, 5.41) is 15.9. The summed E-state index contributed by atoms with van der Waals surface area (Å²) in [6.45, 7) is 6.99. The number of nitrogens with one attached hydrogen (secondary N) is 1. The van der Waals surface area contributed by atoms with Crippen molar-refractivity contribution >= 4 is 46.1 Å². The average Bonchev–Trinajstić information content (AvgIpc) is 2.89. The Morgan fingerprint density at radius 2 is 1.86 bits per heavy atom. The van der Waals surface area contributed by atoms with Gasteiger partial charge in [-0.25, -0.2) is 9.97 Å². The van der Waals surface area contributed by atoms with Crippen molar-refractivity contribution < 1.29 is 9.72 Å². The van der Waals surface area contributed by atoms with Crippen LogP contribution in [-0.4, -0.2) is 47.0 Å². The lowest BCUT2D eigenvalue weighted by Crippen LogP contribution is -2.35. The largest absolute Gasteiger partial charge is 0.353 e. The zero-order chi connectivity index (χ0) is 26.5. The van der Waals surface area contributed by atoms with E-state index in [-0.39, 0.29) is 29.8 Å². The highest BCUT2D eigenvalue weighted by Crippen LogP contribution is 2.36. The molecule has 1 aliphatic rings. The van der Waals surface area contributed by atoms with Crippen LogP contribution in [0.4, 0.5) is 23.0 Å². The van der Waals surface area contributed by atoms with Crippen LogP contribution in [0.15, 0.2) is 54.9 Å². The number of para-hydroxylation sites is 1. The highest BCUT2D eigenvalue weighted by atomic mass is 35.5. The van der Waals surface area contributed by atoms with Gasteiger partial charge in [0.25, 0.3) is 0 Å². The maximum absolute atomic E-state index is 12.9. The maximum atomic E-state index is 12.9. The van der Waals surface area contributed by atoms with Gasteiger partial charge in [0.2, 0.25) is 17.5 Å². The van der Waals surface area contributed by atoms with Crippen LogP contribution in [0, 0.1) is 24.0 Å². The van der Waals surface area contributed by atoms with Gasteiger partial charge in [0, 0.05) is 30.3 Å². The van der Waals surface area contributed by atoms with Gasteiger partial charge in [-0.1, -0.05) is 48.0 Å². The maximum Gasteiger partial charge on any atom is 0.353 e. The molecule has 1 aromatic heterocycles. The third-order valence-corrected chi connectivity index (χ3v) is 6.70. The van der Waals surface area contributed by atoms with Crippen LogP contribution in [0.25, 0.3) is 5.57 Å². The smallest absolute Gasteiger partial charge is 0.347 e. The Labute approximate surface area is 220 Å². The number of benzene rings is 2. The zero-order valence-electron chi connectivity index (χ0n) is 21.1. The third-order valence-electron chi connectivity index (χ3n) is 6.45. The number of carbonyl (C=O) groups excluding carboxylic acids is 1. The standard InChI is InChI=1S/C27H29ClN6O3/c1-4-32(16-23(35)31-24-18(2)6-5-7-19(24)3)26-25(34(36)37)27(30-17-29-26)33-14-12-21(13-15-33)20-8-10-22(28)11-9-20/h5-12,17H,4,13-16H2,1-3H3,(H,31,35). The summed E-state index contributed by atoms with van der Waals surface area (Å²) in [7, 11) is 0. The SMILES string of the molecule is CCN(CC(=O)Nc1c(C)cccc1C)c1ncnc(N2CC=C(c3ccc(Cl)cc3)CC2)c1[N+](=O)[O-]. The Kier molecular flexibility index (Phi) is 8.03. The quantitative estimate of drug-likeness (QED) is 0.312. The molecule has 0 spiro atoms. The van der Waals surface area contributed by atoms with E-state index in [2.05, 4.69) is 15.3 Å². The summed E-state index contributed by atoms with van der Waals surface area (Å²) in [6, 6.07) is 13.4.